The van der Waals surface area contributed by atoms with Crippen LogP contribution in [0, 0.1) is 5.92 Å². The topological polar surface area (TPSA) is 38.0 Å². The van der Waals surface area contributed by atoms with E-state index in [1.807, 2.05) is 33.0 Å². The Morgan fingerprint density at radius 2 is 1.21 bits per heavy atom. The lowest BCUT2D eigenvalue weighted by Crippen LogP contribution is -2.27. The Balaban J connectivity index is 0.000000268. The van der Waals surface area contributed by atoms with E-state index in [2.05, 4.69) is 67.7 Å². The minimum Gasteiger partial charge on any atom is -0.325 e. The quantitative estimate of drug-likeness (QED) is 0.815. The van der Waals surface area contributed by atoms with E-state index in [-0.39, 0.29) is 11.6 Å². The van der Waals surface area contributed by atoms with Crippen molar-refractivity contribution in [1.82, 2.24) is 5.32 Å². The van der Waals surface area contributed by atoms with Crippen LogP contribution in [-0.2, 0) is 0 Å². The largest absolute Gasteiger partial charge is 0.325 e. The fraction of sp³-hybridized carbons (Fsp3) is 0.455. The molecule has 2 nitrogen and oxygen atoms in total. The molecule has 3 N–H and O–H groups in total. The summed E-state index contributed by atoms with van der Waals surface area (Å²) in [4.78, 5) is 0. The first-order chi connectivity index (χ1) is 11.6. The summed E-state index contributed by atoms with van der Waals surface area (Å²) in [6.45, 7) is 8.38. The zero-order chi connectivity index (χ0) is 18.0. The monoisotopic (exact) mass is 326 g/mol. The van der Waals surface area contributed by atoms with Gasteiger partial charge in [0.2, 0.25) is 0 Å². The lowest BCUT2D eigenvalue weighted by Gasteiger charge is -2.16. The van der Waals surface area contributed by atoms with Crippen LogP contribution >= 0.6 is 0 Å². The molecule has 2 heteroatoms. The van der Waals surface area contributed by atoms with Gasteiger partial charge in [-0.15, -0.1) is 0 Å². The molecule has 0 radical (unpaired) electrons. The van der Waals surface area contributed by atoms with Gasteiger partial charge in [0.25, 0.3) is 0 Å². The van der Waals surface area contributed by atoms with E-state index >= 15 is 0 Å². The van der Waals surface area contributed by atoms with E-state index in [0.29, 0.717) is 5.92 Å². The normalized spacial score (nSPS) is 14.3. The summed E-state index contributed by atoms with van der Waals surface area (Å²) in [7, 11) is 1.99. The molecule has 0 bridgehead atoms. The molecule has 1 aliphatic rings. The minimum absolute atomic E-state index is 0.250. The van der Waals surface area contributed by atoms with Gasteiger partial charge in [0, 0.05) is 5.54 Å². The molecule has 0 atom stereocenters. The number of hydrogen-bond donors (Lipinski definition) is 2. The number of benzene rings is 2. The lowest BCUT2D eigenvalue weighted by molar-refractivity contribution is 0.478. The van der Waals surface area contributed by atoms with E-state index < -0.39 is 0 Å². The average molecular weight is 327 g/mol. The van der Waals surface area contributed by atoms with Crippen molar-refractivity contribution in [3.8, 4) is 0 Å². The number of rotatable bonds is 4. The van der Waals surface area contributed by atoms with Crippen LogP contribution in [0.1, 0.15) is 57.7 Å². The highest BCUT2D eigenvalue weighted by Crippen LogP contribution is 2.38. The average Bonchev–Trinajstić information content (AvgIpc) is 3.39. The molecular weight excluding hydrogens is 292 g/mol. The van der Waals surface area contributed by atoms with Crippen LogP contribution in [-0.4, -0.2) is 12.6 Å². The van der Waals surface area contributed by atoms with Crippen LogP contribution in [0.3, 0.4) is 0 Å². The molecule has 0 amide bonds. The first-order valence-corrected chi connectivity index (χ1v) is 9.13. The van der Waals surface area contributed by atoms with Crippen molar-refractivity contribution < 1.29 is 0 Å². The molecule has 0 unspecified atom stereocenters. The Bertz CT molecular complexity index is 505. The Labute approximate surface area is 148 Å². The SMILES string of the molecule is CC.CC(C)C1(N)CC1.CNC(c1ccccc1)c1ccccc1. The third-order valence-corrected chi connectivity index (χ3v) is 4.53. The highest BCUT2D eigenvalue weighted by molar-refractivity contribution is 5.31. The molecule has 1 fully saturated rings. The summed E-state index contributed by atoms with van der Waals surface area (Å²) in [5, 5.41) is 3.33. The first kappa shape index (κ1) is 20.4. The third-order valence-electron chi connectivity index (χ3n) is 4.53. The third kappa shape index (κ3) is 6.10. The molecule has 1 aliphatic carbocycles. The van der Waals surface area contributed by atoms with E-state index in [1.54, 1.807) is 0 Å². The van der Waals surface area contributed by atoms with Crippen molar-refractivity contribution in [3.63, 3.8) is 0 Å². The molecule has 0 aliphatic heterocycles. The second-order valence-electron chi connectivity index (χ2n) is 6.43. The highest BCUT2D eigenvalue weighted by atomic mass is 14.9. The van der Waals surface area contributed by atoms with E-state index in [9.17, 15) is 0 Å². The van der Waals surface area contributed by atoms with Crippen molar-refractivity contribution in [2.45, 2.75) is 52.1 Å². The lowest BCUT2D eigenvalue weighted by atomic mass is 9.99. The summed E-state index contributed by atoms with van der Waals surface area (Å²) in [6, 6.07) is 21.2. The first-order valence-electron chi connectivity index (χ1n) is 9.13. The molecule has 2 aromatic carbocycles. The van der Waals surface area contributed by atoms with Crippen LogP contribution in [0.25, 0.3) is 0 Å². The standard InChI is InChI=1S/C14H15N.C6H13N.C2H6/c1-15-14(12-8-4-2-5-9-12)13-10-6-3-7-11-13;1-5(2)6(7)3-4-6;1-2/h2-11,14-15H,1H3;5H,3-4,7H2,1-2H3;1-2H3. The maximum absolute atomic E-state index is 5.79. The zero-order valence-electron chi connectivity index (χ0n) is 15.9. The van der Waals surface area contributed by atoms with Crippen molar-refractivity contribution in [2.75, 3.05) is 7.05 Å². The van der Waals surface area contributed by atoms with Gasteiger partial charge in [-0.25, -0.2) is 0 Å². The second kappa shape index (κ2) is 10.3. The Morgan fingerprint density at radius 3 is 1.42 bits per heavy atom. The van der Waals surface area contributed by atoms with Crippen LogP contribution in [0.4, 0.5) is 0 Å². The van der Waals surface area contributed by atoms with E-state index in [1.165, 1.54) is 24.0 Å². The maximum Gasteiger partial charge on any atom is 0.0574 e. The van der Waals surface area contributed by atoms with Gasteiger partial charge < -0.3 is 11.1 Å². The molecule has 1 saturated carbocycles. The fourth-order valence-electron chi connectivity index (χ4n) is 2.54. The van der Waals surface area contributed by atoms with Gasteiger partial charge in [-0.3, -0.25) is 0 Å². The number of nitrogens with two attached hydrogens (primary N) is 1. The summed E-state index contributed by atoms with van der Waals surface area (Å²) >= 11 is 0. The van der Waals surface area contributed by atoms with Crippen molar-refractivity contribution in [3.05, 3.63) is 71.8 Å². The van der Waals surface area contributed by atoms with Gasteiger partial charge in [0.1, 0.15) is 0 Å². The molecule has 132 valence electrons. The molecule has 3 rings (SSSR count). The molecule has 0 aromatic heterocycles. The fourth-order valence-corrected chi connectivity index (χ4v) is 2.54. The Hall–Kier alpha value is -1.64. The summed E-state index contributed by atoms with van der Waals surface area (Å²) in [5.74, 6) is 0.687. The summed E-state index contributed by atoms with van der Waals surface area (Å²) in [5.41, 5.74) is 8.63. The van der Waals surface area contributed by atoms with Crippen molar-refractivity contribution in [2.24, 2.45) is 11.7 Å². The predicted molar refractivity (Wildman–Crippen MR) is 106 cm³/mol. The van der Waals surface area contributed by atoms with Gasteiger partial charge in [0.15, 0.2) is 0 Å². The second-order valence-corrected chi connectivity index (χ2v) is 6.43. The summed E-state index contributed by atoms with van der Waals surface area (Å²) < 4.78 is 0. The Morgan fingerprint density at radius 1 is 0.833 bits per heavy atom. The van der Waals surface area contributed by atoms with Crippen LogP contribution in [0.2, 0.25) is 0 Å². The van der Waals surface area contributed by atoms with Crippen molar-refractivity contribution >= 4 is 0 Å². The van der Waals surface area contributed by atoms with Crippen LogP contribution < -0.4 is 11.1 Å². The van der Waals surface area contributed by atoms with Gasteiger partial charge in [0.05, 0.1) is 6.04 Å². The minimum atomic E-state index is 0.250. The van der Waals surface area contributed by atoms with Gasteiger partial charge >= 0.3 is 0 Å². The Kier molecular flexibility index (Phi) is 8.73. The van der Waals surface area contributed by atoms with Gasteiger partial charge in [-0.1, -0.05) is 88.4 Å². The van der Waals surface area contributed by atoms with Crippen LogP contribution in [0.15, 0.2) is 60.7 Å². The van der Waals surface area contributed by atoms with E-state index in [0.717, 1.165) is 0 Å². The molecule has 0 saturated heterocycles. The predicted octanol–water partition coefficient (Wildman–Crippen LogP) is 5.16. The van der Waals surface area contributed by atoms with Gasteiger partial charge in [-0.05, 0) is 36.9 Å². The molecular formula is C22H34N2. The highest BCUT2D eigenvalue weighted by Gasteiger charge is 2.40. The molecule has 0 heterocycles. The molecule has 0 spiro atoms. The van der Waals surface area contributed by atoms with E-state index in [4.69, 9.17) is 5.73 Å². The molecule has 2 aromatic rings. The van der Waals surface area contributed by atoms with Crippen LogP contribution in [0.5, 0.6) is 0 Å². The molecule has 24 heavy (non-hydrogen) atoms. The number of hydrogen-bond acceptors (Lipinski definition) is 2. The smallest absolute Gasteiger partial charge is 0.0574 e. The zero-order valence-corrected chi connectivity index (χ0v) is 15.9. The van der Waals surface area contributed by atoms with Crippen molar-refractivity contribution in [1.29, 1.82) is 0 Å². The van der Waals surface area contributed by atoms with Gasteiger partial charge in [-0.2, -0.15) is 0 Å². The summed E-state index contributed by atoms with van der Waals surface area (Å²) in [6.07, 6.45) is 2.48. The number of nitrogens with one attached hydrogen (secondary N) is 1. The maximum atomic E-state index is 5.79.